The number of cyclic esters (lactones) is 1. The Labute approximate surface area is 153 Å². The molecular weight excluding hydrogens is 334 g/mol. The summed E-state index contributed by atoms with van der Waals surface area (Å²) in [6, 6.07) is 13.5. The molecule has 138 valence electrons. The van der Waals surface area contributed by atoms with Gasteiger partial charge in [-0.3, -0.25) is 4.90 Å². The number of carbonyl (C=O) groups excluding carboxylic acids is 1. The average Bonchev–Trinajstić information content (AvgIpc) is 3.01. The van der Waals surface area contributed by atoms with Crippen molar-refractivity contribution in [2.75, 3.05) is 27.9 Å². The van der Waals surface area contributed by atoms with Gasteiger partial charge in [-0.25, -0.2) is 4.79 Å². The highest BCUT2D eigenvalue weighted by Crippen LogP contribution is 2.29. The van der Waals surface area contributed by atoms with Crippen LogP contribution in [0.15, 0.2) is 42.5 Å². The van der Waals surface area contributed by atoms with Crippen LogP contribution in [0.2, 0.25) is 0 Å². The van der Waals surface area contributed by atoms with Crippen molar-refractivity contribution in [1.82, 2.24) is 4.90 Å². The highest BCUT2D eigenvalue weighted by molar-refractivity contribution is 5.70. The van der Waals surface area contributed by atoms with E-state index in [0.29, 0.717) is 31.1 Å². The Morgan fingerprint density at radius 2 is 1.81 bits per heavy atom. The van der Waals surface area contributed by atoms with Gasteiger partial charge in [-0.2, -0.15) is 0 Å². The lowest BCUT2D eigenvalue weighted by atomic mass is 10.0. The lowest BCUT2D eigenvalue weighted by Crippen LogP contribution is -2.34. The van der Waals surface area contributed by atoms with E-state index in [1.807, 2.05) is 42.5 Å². The van der Waals surface area contributed by atoms with E-state index in [1.54, 1.807) is 26.2 Å². The molecule has 2 aromatic carbocycles. The summed E-state index contributed by atoms with van der Waals surface area (Å²) in [6.07, 6.45) is 0.383. The highest BCUT2D eigenvalue weighted by atomic mass is 16.6. The minimum atomic E-state index is -0.293. The third-order valence-corrected chi connectivity index (χ3v) is 4.48. The van der Waals surface area contributed by atoms with Crippen molar-refractivity contribution in [1.29, 1.82) is 0 Å². The van der Waals surface area contributed by atoms with E-state index in [2.05, 4.69) is 0 Å². The second kappa shape index (κ2) is 7.99. The van der Waals surface area contributed by atoms with Crippen molar-refractivity contribution < 1.29 is 23.7 Å². The molecule has 1 aliphatic rings. The molecule has 0 spiro atoms. The molecular formula is C20H23NO5. The summed E-state index contributed by atoms with van der Waals surface area (Å²) in [5.74, 6) is 2.13. The van der Waals surface area contributed by atoms with Crippen molar-refractivity contribution in [2.45, 2.75) is 19.0 Å². The number of rotatable bonds is 7. The van der Waals surface area contributed by atoms with Gasteiger partial charge in [-0.05, 0) is 41.8 Å². The molecule has 2 aromatic rings. The monoisotopic (exact) mass is 357 g/mol. The number of hydrogen-bond donors (Lipinski definition) is 0. The predicted molar refractivity (Wildman–Crippen MR) is 96.9 cm³/mol. The van der Waals surface area contributed by atoms with Gasteiger partial charge in [0.05, 0.1) is 27.4 Å². The molecule has 1 saturated heterocycles. The molecule has 0 aromatic heterocycles. The maximum Gasteiger partial charge on any atom is 0.410 e. The summed E-state index contributed by atoms with van der Waals surface area (Å²) in [7, 11) is 4.85. The Morgan fingerprint density at radius 3 is 2.54 bits per heavy atom. The molecule has 3 rings (SSSR count). The summed E-state index contributed by atoms with van der Waals surface area (Å²) in [5, 5.41) is 0. The third kappa shape index (κ3) is 3.85. The Balaban J connectivity index is 1.75. The normalized spacial score (nSPS) is 16.3. The van der Waals surface area contributed by atoms with Crippen molar-refractivity contribution in [3.05, 3.63) is 53.6 Å². The number of nitrogens with zero attached hydrogens (tertiary/aromatic N) is 1. The minimum Gasteiger partial charge on any atom is -0.497 e. The van der Waals surface area contributed by atoms with E-state index in [0.717, 1.165) is 16.9 Å². The highest BCUT2D eigenvalue weighted by Gasteiger charge is 2.33. The SMILES string of the molecule is COc1cccc(CN2C(=O)OCC2Cc2ccc(OC)c(OC)c2)c1. The van der Waals surface area contributed by atoms with Crippen LogP contribution in [0.3, 0.4) is 0 Å². The maximum atomic E-state index is 12.2. The summed E-state index contributed by atoms with van der Waals surface area (Å²) < 4.78 is 21.2. The quantitative estimate of drug-likeness (QED) is 0.761. The fraction of sp³-hybridized carbons (Fsp3) is 0.350. The van der Waals surface area contributed by atoms with Gasteiger partial charge in [0.25, 0.3) is 0 Å². The number of amides is 1. The topological polar surface area (TPSA) is 57.2 Å². The maximum absolute atomic E-state index is 12.2. The van der Waals surface area contributed by atoms with Gasteiger partial charge in [0.1, 0.15) is 12.4 Å². The number of methoxy groups -OCH3 is 3. The van der Waals surface area contributed by atoms with Gasteiger partial charge in [-0.1, -0.05) is 18.2 Å². The molecule has 1 atom stereocenters. The Bertz CT molecular complexity index is 777. The number of benzene rings is 2. The molecule has 1 unspecified atom stereocenters. The molecule has 26 heavy (non-hydrogen) atoms. The van der Waals surface area contributed by atoms with E-state index in [1.165, 1.54) is 0 Å². The van der Waals surface area contributed by atoms with E-state index < -0.39 is 0 Å². The van der Waals surface area contributed by atoms with Gasteiger partial charge >= 0.3 is 6.09 Å². The average molecular weight is 357 g/mol. The molecule has 1 heterocycles. The van der Waals surface area contributed by atoms with Crippen LogP contribution in [0.1, 0.15) is 11.1 Å². The molecule has 0 bridgehead atoms. The summed E-state index contributed by atoms with van der Waals surface area (Å²) in [4.78, 5) is 13.9. The van der Waals surface area contributed by atoms with E-state index in [4.69, 9.17) is 18.9 Å². The first-order valence-corrected chi connectivity index (χ1v) is 8.42. The lowest BCUT2D eigenvalue weighted by Gasteiger charge is -2.22. The standard InChI is InChI=1S/C20H23NO5/c1-23-17-6-4-5-15(10-17)12-21-16(13-26-20(21)22)9-14-7-8-18(24-2)19(11-14)25-3/h4-8,10-11,16H,9,12-13H2,1-3H3. The van der Waals surface area contributed by atoms with E-state index >= 15 is 0 Å². The van der Waals surface area contributed by atoms with Crippen molar-refractivity contribution in [2.24, 2.45) is 0 Å². The zero-order valence-electron chi connectivity index (χ0n) is 15.2. The lowest BCUT2D eigenvalue weighted by molar-refractivity contribution is 0.156. The van der Waals surface area contributed by atoms with Crippen molar-refractivity contribution in [3.8, 4) is 17.2 Å². The van der Waals surface area contributed by atoms with Gasteiger partial charge in [0.15, 0.2) is 11.5 Å². The predicted octanol–water partition coefficient (Wildman–Crippen LogP) is 3.28. The molecule has 0 N–H and O–H groups in total. The Morgan fingerprint density at radius 1 is 1.00 bits per heavy atom. The second-order valence-electron chi connectivity index (χ2n) is 6.10. The fourth-order valence-electron chi connectivity index (χ4n) is 3.10. The van der Waals surface area contributed by atoms with Crippen LogP contribution in [0.4, 0.5) is 4.79 Å². The molecule has 0 aliphatic carbocycles. The molecule has 6 heteroatoms. The largest absolute Gasteiger partial charge is 0.497 e. The molecule has 1 fully saturated rings. The van der Waals surface area contributed by atoms with Gasteiger partial charge in [0.2, 0.25) is 0 Å². The molecule has 1 aliphatic heterocycles. The van der Waals surface area contributed by atoms with Crippen LogP contribution in [0.5, 0.6) is 17.2 Å². The number of ether oxygens (including phenoxy) is 4. The fourth-order valence-corrected chi connectivity index (χ4v) is 3.10. The zero-order chi connectivity index (χ0) is 18.5. The first-order valence-electron chi connectivity index (χ1n) is 8.42. The number of carbonyl (C=O) groups is 1. The molecule has 0 saturated carbocycles. The summed E-state index contributed by atoms with van der Waals surface area (Å²) >= 11 is 0. The van der Waals surface area contributed by atoms with Crippen LogP contribution in [0, 0.1) is 0 Å². The van der Waals surface area contributed by atoms with Gasteiger partial charge < -0.3 is 18.9 Å². The smallest absolute Gasteiger partial charge is 0.410 e. The summed E-state index contributed by atoms with van der Waals surface area (Å²) in [5.41, 5.74) is 2.06. The van der Waals surface area contributed by atoms with Crippen molar-refractivity contribution in [3.63, 3.8) is 0 Å². The first kappa shape index (κ1) is 17.9. The zero-order valence-corrected chi connectivity index (χ0v) is 15.2. The van der Waals surface area contributed by atoms with Crippen LogP contribution in [-0.4, -0.2) is 45.0 Å². The van der Waals surface area contributed by atoms with Crippen molar-refractivity contribution >= 4 is 6.09 Å². The third-order valence-electron chi connectivity index (χ3n) is 4.48. The van der Waals surface area contributed by atoms with Crippen LogP contribution >= 0.6 is 0 Å². The van der Waals surface area contributed by atoms with Gasteiger partial charge in [-0.15, -0.1) is 0 Å². The molecule has 6 nitrogen and oxygen atoms in total. The molecule has 0 radical (unpaired) electrons. The Kier molecular flexibility index (Phi) is 5.51. The number of hydrogen-bond acceptors (Lipinski definition) is 5. The first-order chi connectivity index (χ1) is 12.6. The van der Waals surface area contributed by atoms with Crippen LogP contribution in [-0.2, 0) is 17.7 Å². The van der Waals surface area contributed by atoms with Gasteiger partial charge in [0, 0.05) is 6.54 Å². The Hall–Kier alpha value is -2.89. The van der Waals surface area contributed by atoms with Crippen LogP contribution < -0.4 is 14.2 Å². The van der Waals surface area contributed by atoms with Crippen LogP contribution in [0.25, 0.3) is 0 Å². The van der Waals surface area contributed by atoms with E-state index in [9.17, 15) is 4.79 Å². The minimum absolute atomic E-state index is 0.0354. The van der Waals surface area contributed by atoms with E-state index in [-0.39, 0.29) is 12.1 Å². The summed E-state index contributed by atoms with van der Waals surface area (Å²) in [6.45, 7) is 0.852. The second-order valence-corrected chi connectivity index (χ2v) is 6.10. The molecule has 1 amide bonds.